The molecule has 110 valence electrons. The van der Waals surface area contributed by atoms with Crippen molar-refractivity contribution in [3.05, 3.63) is 0 Å². The van der Waals surface area contributed by atoms with Gasteiger partial charge in [0.15, 0.2) is 0 Å². The molecule has 19 heavy (non-hydrogen) atoms. The molecular weight excluding hydrogens is 238 g/mol. The van der Waals surface area contributed by atoms with Gasteiger partial charge < -0.3 is 16.0 Å². The van der Waals surface area contributed by atoms with Crippen LogP contribution >= 0.6 is 0 Å². The Balaban J connectivity index is 1.89. The van der Waals surface area contributed by atoms with E-state index in [1.807, 2.05) is 0 Å². The SMILES string of the molecule is CCN1CCCC(NC(=O)C2C(C)CCCC2N)C1. The molecule has 0 aromatic heterocycles. The number of likely N-dealkylation sites (N-methyl/N-ethyl adjacent to an activating group) is 1. The molecule has 3 N–H and O–H groups in total. The molecular formula is C15H29N3O. The van der Waals surface area contributed by atoms with Gasteiger partial charge in [-0.25, -0.2) is 0 Å². The minimum absolute atomic E-state index is 0.0192. The summed E-state index contributed by atoms with van der Waals surface area (Å²) in [5.41, 5.74) is 6.16. The number of likely N-dealkylation sites (tertiary alicyclic amines) is 1. The van der Waals surface area contributed by atoms with Crippen LogP contribution in [0.2, 0.25) is 0 Å². The number of hydrogen-bond acceptors (Lipinski definition) is 3. The van der Waals surface area contributed by atoms with Crippen LogP contribution in [0.25, 0.3) is 0 Å². The van der Waals surface area contributed by atoms with Gasteiger partial charge in [0.25, 0.3) is 0 Å². The van der Waals surface area contributed by atoms with Crippen LogP contribution in [-0.2, 0) is 4.79 Å². The lowest BCUT2D eigenvalue weighted by atomic mass is 9.76. The quantitative estimate of drug-likeness (QED) is 0.811. The van der Waals surface area contributed by atoms with Crippen LogP contribution in [-0.4, -0.2) is 42.5 Å². The van der Waals surface area contributed by atoms with E-state index in [4.69, 9.17) is 5.73 Å². The molecule has 0 radical (unpaired) electrons. The molecule has 4 heteroatoms. The van der Waals surface area contributed by atoms with Gasteiger partial charge in [-0.15, -0.1) is 0 Å². The van der Waals surface area contributed by atoms with E-state index in [1.54, 1.807) is 0 Å². The Bertz CT molecular complexity index is 298. The number of rotatable bonds is 3. The molecule has 2 aliphatic rings. The average Bonchev–Trinajstić information content (AvgIpc) is 2.38. The molecule has 0 aromatic carbocycles. The zero-order chi connectivity index (χ0) is 13.8. The molecule has 4 atom stereocenters. The van der Waals surface area contributed by atoms with E-state index in [9.17, 15) is 4.79 Å². The Morgan fingerprint density at radius 3 is 2.79 bits per heavy atom. The zero-order valence-corrected chi connectivity index (χ0v) is 12.4. The Labute approximate surface area is 117 Å². The van der Waals surface area contributed by atoms with Crippen molar-refractivity contribution in [2.75, 3.05) is 19.6 Å². The van der Waals surface area contributed by atoms with Gasteiger partial charge in [0.2, 0.25) is 5.91 Å². The monoisotopic (exact) mass is 267 g/mol. The van der Waals surface area contributed by atoms with Gasteiger partial charge in [0.1, 0.15) is 0 Å². The van der Waals surface area contributed by atoms with Crippen LogP contribution in [0.1, 0.15) is 46.0 Å². The van der Waals surface area contributed by atoms with E-state index in [1.165, 1.54) is 19.4 Å². The third-order valence-electron chi connectivity index (χ3n) is 4.87. The maximum atomic E-state index is 12.5. The first kappa shape index (κ1) is 14.8. The number of hydrogen-bond donors (Lipinski definition) is 2. The summed E-state index contributed by atoms with van der Waals surface area (Å²) >= 11 is 0. The molecule has 1 aliphatic heterocycles. The second-order valence-electron chi connectivity index (χ2n) is 6.34. The molecule has 4 nitrogen and oxygen atoms in total. The van der Waals surface area contributed by atoms with Crippen LogP contribution in [0.3, 0.4) is 0 Å². The van der Waals surface area contributed by atoms with Gasteiger partial charge in [-0.05, 0) is 44.7 Å². The summed E-state index contributed by atoms with van der Waals surface area (Å²) in [6.07, 6.45) is 5.59. The van der Waals surface area contributed by atoms with Gasteiger partial charge in [-0.2, -0.15) is 0 Å². The number of nitrogens with one attached hydrogen (secondary N) is 1. The van der Waals surface area contributed by atoms with Crippen LogP contribution < -0.4 is 11.1 Å². The van der Waals surface area contributed by atoms with Gasteiger partial charge in [0.05, 0.1) is 5.92 Å². The fourth-order valence-electron chi connectivity index (χ4n) is 3.67. The molecule has 1 saturated carbocycles. The van der Waals surface area contributed by atoms with E-state index in [0.717, 1.165) is 32.4 Å². The zero-order valence-electron chi connectivity index (χ0n) is 12.4. The first-order valence-corrected chi connectivity index (χ1v) is 7.90. The molecule has 4 unspecified atom stereocenters. The maximum Gasteiger partial charge on any atom is 0.225 e. The third-order valence-corrected chi connectivity index (χ3v) is 4.87. The number of amides is 1. The Kier molecular flexibility index (Phi) is 5.22. The number of piperidine rings is 1. The van der Waals surface area contributed by atoms with Crippen LogP contribution in [0.5, 0.6) is 0 Å². The minimum Gasteiger partial charge on any atom is -0.352 e. The van der Waals surface area contributed by atoms with Crippen molar-refractivity contribution < 1.29 is 4.79 Å². The first-order valence-electron chi connectivity index (χ1n) is 7.90. The number of nitrogens with zero attached hydrogens (tertiary/aromatic N) is 1. The summed E-state index contributed by atoms with van der Waals surface area (Å²) in [6, 6.07) is 0.372. The smallest absolute Gasteiger partial charge is 0.225 e. The lowest BCUT2D eigenvalue weighted by Crippen LogP contribution is -2.53. The van der Waals surface area contributed by atoms with Crippen LogP contribution in [0, 0.1) is 11.8 Å². The van der Waals surface area contributed by atoms with E-state index >= 15 is 0 Å². The van der Waals surface area contributed by atoms with Crippen molar-refractivity contribution in [2.45, 2.75) is 58.0 Å². The summed E-state index contributed by atoms with van der Waals surface area (Å²) in [7, 11) is 0. The Morgan fingerprint density at radius 1 is 1.32 bits per heavy atom. The van der Waals surface area contributed by atoms with Gasteiger partial charge in [0, 0.05) is 18.6 Å². The largest absolute Gasteiger partial charge is 0.352 e. The highest BCUT2D eigenvalue weighted by molar-refractivity contribution is 5.80. The highest BCUT2D eigenvalue weighted by Gasteiger charge is 2.35. The summed E-state index contributed by atoms with van der Waals surface area (Å²) in [4.78, 5) is 14.9. The normalized spacial score (nSPS) is 37.0. The molecule has 0 spiro atoms. The predicted molar refractivity (Wildman–Crippen MR) is 77.8 cm³/mol. The number of nitrogens with two attached hydrogens (primary N) is 1. The summed E-state index contributed by atoms with van der Waals surface area (Å²) in [6.45, 7) is 7.60. The van der Waals surface area contributed by atoms with E-state index < -0.39 is 0 Å². The highest BCUT2D eigenvalue weighted by Crippen LogP contribution is 2.29. The van der Waals surface area contributed by atoms with Crippen LogP contribution in [0.4, 0.5) is 0 Å². The van der Waals surface area contributed by atoms with Gasteiger partial charge >= 0.3 is 0 Å². The van der Waals surface area contributed by atoms with Crippen molar-refractivity contribution in [1.29, 1.82) is 0 Å². The van der Waals surface area contributed by atoms with E-state index in [0.29, 0.717) is 12.0 Å². The molecule has 1 saturated heterocycles. The average molecular weight is 267 g/mol. The standard InChI is InChI=1S/C15H29N3O/c1-3-18-9-5-7-12(10-18)17-15(19)14-11(2)6-4-8-13(14)16/h11-14H,3-10,16H2,1-2H3,(H,17,19). The summed E-state index contributed by atoms with van der Waals surface area (Å²) in [5, 5.41) is 3.25. The predicted octanol–water partition coefficient (Wildman–Crippen LogP) is 1.35. The second-order valence-corrected chi connectivity index (χ2v) is 6.34. The van der Waals surface area contributed by atoms with Gasteiger partial charge in [-0.3, -0.25) is 4.79 Å². The second kappa shape index (κ2) is 6.71. The number of carbonyl (C=O) groups is 1. The molecule has 2 rings (SSSR count). The minimum atomic E-state index is 0.0192. The molecule has 2 fully saturated rings. The topological polar surface area (TPSA) is 58.4 Å². The summed E-state index contributed by atoms with van der Waals surface area (Å²) < 4.78 is 0. The molecule has 0 aromatic rings. The fraction of sp³-hybridized carbons (Fsp3) is 0.933. The lowest BCUT2D eigenvalue weighted by Gasteiger charge is -2.37. The van der Waals surface area contributed by atoms with Crippen molar-refractivity contribution in [2.24, 2.45) is 17.6 Å². The molecule has 1 amide bonds. The van der Waals surface area contributed by atoms with Crippen molar-refractivity contribution in [3.8, 4) is 0 Å². The van der Waals surface area contributed by atoms with E-state index in [2.05, 4.69) is 24.1 Å². The lowest BCUT2D eigenvalue weighted by molar-refractivity contribution is -0.129. The van der Waals surface area contributed by atoms with Gasteiger partial charge in [-0.1, -0.05) is 20.3 Å². The van der Waals surface area contributed by atoms with Crippen molar-refractivity contribution in [1.82, 2.24) is 10.2 Å². The first-order chi connectivity index (χ1) is 9.11. The van der Waals surface area contributed by atoms with Crippen molar-refractivity contribution >= 4 is 5.91 Å². The highest BCUT2D eigenvalue weighted by atomic mass is 16.2. The molecule has 0 bridgehead atoms. The molecule has 1 aliphatic carbocycles. The van der Waals surface area contributed by atoms with Crippen molar-refractivity contribution in [3.63, 3.8) is 0 Å². The Hall–Kier alpha value is -0.610. The maximum absolute atomic E-state index is 12.5. The summed E-state index contributed by atoms with van der Waals surface area (Å²) in [5.74, 6) is 0.642. The molecule has 1 heterocycles. The Morgan fingerprint density at radius 2 is 2.11 bits per heavy atom. The van der Waals surface area contributed by atoms with Crippen LogP contribution in [0.15, 0.2) is 0 Å². The third kappa shape index (κ3) is 3.69. The number of carbonyl (C=O) groups excluding carboxylic acids is 1. The fourth-order valence-corrected chi connectivity index (χ4v) is 3.67. The van der Waals surface area contributed by atoms with E-state index in [-0.39, 0.29) is 17.9 Å².